The van der Waals surface area contributed by atoms with Gasteiger partial charge in [-0.2, -0.15) is 0 Å². The number of aromatic nitrogens is 2. The van der Waals surface area contributed by atoms with Crippen LogP contribution in [-0.2, 0) is 16.1 Å². The molecular weight excluding hydrogens is 388 g/mol. The Kier molecular flexibility index (Phi) is 5.92. The van der Waals surface area contributed by atoms with Gasteiger partial charge in [0.2, 0.25) is 5.91 Å². The fourth-order valence-corrected chi connectivity index (χ4v) is 4.75. The summed E-state index contributed by atoms with van der Waals surface area (Å²) in [6.07, 6.45) is 7.42. The maximum absolute atomic E-state index is 12.6. The largest absolute Gasteiger partial charge is 0.375 e. The van der Waals surface area contributed by atoms with Gasteiger partial charge in [0, 0.05) is 50.2 Å². The molecular formula is C21H24N4O3S. The van der Waals surface area contributed by atoms with E-state index >= 15 is 0 Å². The average Bonchev–Trinajstić information content (AvgIpc) is 3.41. The molecule has 1 fully saturated rings. The minimum atomic E-state index is -0.0582. The van der Waals surface area contributed by atoms with Crippen molar-refractivity contribution in [2.24, 2.45) is 0 Å². The lowest BCUT2D eigenvalue weighted by atomic mass is 9.95. The third-order valence-corrected chi connectivity index (χ3v) is 6.53. The van der Waals surface area contributed by atoms with E-state index in [4.69, 9.17) is 4.74 Å². The van der Waals surface area contributed by atoms with E-state index in [1.54, 1.807) is 24.6 Å². The monoisotopic (exact) mass is 412 g/mol. The summed E-state index contributed by atoms with van der Waals surface area (Å²) < 4.78 is 6.87. The van der Waals surface area contributed by atoms with E-state index in [1.807, 2.05) is 46.0 Å². The molecule has 1 N–H and O–H groups in total. The van der Waals surface area contributed by atoms with Gasteiger partial charge in [0.05, 0.1) is 4.88 Å². The van der Waals surface area contributed by atoms with Gasteiger partial charge in [-0.1, -0.05) is 0 Å². The lowest BCUT2D eigenvalue weighted by Crippen LogP contribution is -2.39. The van der Waals surface area contributed by atoms with E-state index in [0.717, 1.165) is 42.0 Å². The number of hydrogen-bond acceptors (Lipinski definition) is 5. The molecule has 0 aliphatic carbocycles. The van der Waals surface area contributed by atoms with Crippen LogP contribution in [-0.4, -0.2) is 52.9 Å². The van der Waals surface area contributed by atoms with Gasteiger partial charge in [-0.05, 0) is 48.6 Å². The Hall–Kier alpha value is -2.71. The first kappa shape index (κ1) is 19.6. The van der Waals surface area contributed by atoms with Gasteiger partial charge >= 0.3 is 0 Å². The van der Waals surface area contributed by atoms with Crippen LogP contribution in [0, 0.1) is 0 Å². The Balaban J connectivity index is 1.31. The Morgan fingerprint density at radius 2 is 2.07 bits per heavy atom. The highest BCUT2D eigenvalue weighted by Gasteiger charge is 2.25. The Morgan fingerprint density at radius 1 is 1.24 bits per heavy atom. The number of ether oxygens (including phenoxy) is 1. The number of rotatable bonds is 6. The van der Waals surface area contributed by atoms with Gasteiger partial charge in [-0.15, -0.1) is 11.3 Å². The highest BCUT2D eigenvalue weighted by Crippen LogP contribution is 2.33. The number of likely N-dealkylation sites (tertiary alicyclic amines) is 1. The van der Waals surface area contributed by atoms with Crippen molar-refractivity contribution in [1.82, 2.24) is 19.6 Å². The average molecular weight is 413 g/mol. The summed E-state index contributed by atoms with van der Waals surface area (Å²) in [5.41, 5.74) is 1.88. The zero-order valence-corrected chi connectivity index (χ0v) is 17.2. The van der Waals surface area contributed by atoms with E-state index in [9.17, 15) is 9.59 Å². The fourth-order valence-electron chi connectivity index (χ4n) is 3.65. The molecule has 0 atom stereocenters. The first-order valence-electron chi connectivity index (χ1n) is 9.70. The second-order valence-corrected chi connectivity index (χ2v) is 8.32. The zero-order chi connectivity index (χ0) is 20.2. The smallest absolute Gasteiger partial charge is 0.261 e. The molecule has 0 saturated carbocycles. The molecule has 0 bridgehead atoms. The number of carbonyl (C=O) groups excluding carboxylic acids is 2. The van der Waals surface area contributed by atoms with Crippen molar-refractivity contribution in [2.45, 2.75) is 25.3 Å². The molecule has 0 unspecified atom stereocenters. The van der Waals surface area contributed by atoms with Crippen molar-refractivity contribution in [3.63, 3.8) is 0 Å². The number of carbonyl (C=O) groups is 2. The predicted molar refractivity (Wildman–Crippen MR) is 111 cm³/mol. The van der Waals surface area contributed by atoms with Gasteiger partial charge in [0.25, 0.3) is 5.91 Å². The van der Waals surface area contributed by atoms with Crippen LogP contribution in [0.1, 0.15) is 38.9 Å². The van der Waals surface area contributed by atoms with Crippen LogP contribution in [0.15, 0.2) is 42.9 Å². The summed E-state index contributed by atoms with van der Waals surface area (Å²) in [7, 11) is 1.54. The van der Waals surface area contributed by atoms with Crippen molar-refractivity contribution in [3.8, 4) is 0 Å². The van der Waals surface area contributed by atoms with Gasteiger partial charge in [0.1, 0.15) is 12.3 Å². The predicted octanol–water partition coefficient (Wildman–Crippen LogP) is 2.68. The summed E-state index contributed by atoms with van der Waals surface area (Å²) in [4.78, 5) is 32.5. The number of amides is 2. The maximum Gasteiger partial charge on any atom is 0.261 e. The molecule has 3 aromatic rings. The number of nitrogens with one attached hydrogen (secondary N) is 1. The second kappa shape index (κ2) is 8.75. The number of nitrogens with zero attached hydrogens (tertiary/aromatic N) is 3. The molecule has 0 aromatic carbocycles. The Morgan fingerprint density at radius 3 is 2.86 bits per heavy atom. The molecule has 8 heteroatoms. The van der Waals surface area contributed by atoms with Crippen molar-refractivity contribution in [2.75, 3.05) is 26.8 Å². The second-order valence-electron chi connectivity index (χ2n) is 7.20. The van der Waals surface area contributed by atoms with Crippen molar-refractivity contribution in [1.29, 1.82) is 0 Å². The minimum Gasteiger partial charge on any atom is -0.375 e. The van der Waals surface area contributed by atoms with Crippen LogP contribution in [0.25, 0.3) is 5.65 Å². The van der Waals surface area contributed by atoms with Crippen molar-refractivity contribution in [3.05, 3.63) is 58.2 Å². The number of pyridine rings is 1. The van der Waals surface area contributed by atoms with Gasteiger partial charge in [-0.3, -0.25) is 9.59 Å². The Labute approximate surface area is 173 Å². The molecule has 152 valence electrons. The molecule has 2 amide bonds. The normalized spacial score (nSPS) is 15.0. The maximum atomic E-state index is 12.6. The first-order chi connectivity index (χ1) is 14.1. The van der Waals surface area contributed by atoms with Crippen LogP contribution in [0.2, 0.25) is 0 Å². The van der Waals surface area contributed by atoms with Crippen LogP contribution < -0.4 is 5.32 Å². The number of hydrogen-bond donors (Lipinski definition) is 1. The quantitative estimate of drug-likeness (QED) is 0.675. The standard InChI is InChI=1S/C21H24N4O3S/c1-28-14-20(26)25-9-5-16(6-10-25)17-2-3-18(29-17)21(27)23-13-15-4-8-24-11-7-22-19(24)12-15/h2-4,7-8,11-12,16H,5-6,9-10,13-14H2,1H3,(H,23,27). The van der Waals surface area contributed by atoms with Crippen LogP contribution in [0.4, 0.5) is 0 Å². The van der Waals surface area contributed by atoms with E-state index in [0.29, 0.717) is 12.5 Å². The molecule has 3 aromatic heterocycles. The molecule has 1 aliphatic heterocycles. The number of fused-ring (bicyclic) bond motifs is 1. The van der Waals surface area contributed by atoms with Crippen molar-refractivity contribution < 1.29 is 14.3 Å². The molecule has 0 spiro atoms. The van der Waals surface area contributed by atoms with E-state index in [2.05, 4.69) is 10.3 Å². The fraction of sp³-hybridized carbons (Fsp3) is 0.381. The summed E-state index contributed by atoms with van der Waals surface area (Å²) in [6, 6.07) is 7.90. The van der Waals surface area contributed by atoms with Crippen LogP contribution in [0.5, 0.6) is 0 Å². The number of thiophene rings is 1. The molecule has 4 heterocycles. The van der Waals surface area contributed by atoms with E-state index in [1.165, 1.54) is 4.88 Å². The van der Waals surface area contributed by atoms with E-state index < -0.39 is 0 Å². The lowest BCUT2D eigenvalue weighted by molar-refractivity contribution is -0.136. The summed E-state index contributed by atoms with van der Waals surface area (Å²) in [6.45, 7) is 2.09. The molecule has 4 rings (SSSR count). The van der Waals surface area contributed by atoms with Gasteiger partial charge in [-0.25, -0.2) is 4.98 Å². The number of imidazole rings is 1. The minimum absolute atomic E-state index is 0.0470. The van der Waals surface area contributed by atoms with Crippen LogP contribution in [0.3, 0.4) is 0 Å². The molecule has 1 aliphatic rings. The number of piperidine rings is 1. The zero-order valence-electron chi connectivity index (χ0n) is 16.3. The molecule has 0 radical (unpaired) electrons. The van der Waals surface area contributed by atoms with Crippen LogP contribution >= 0.6 is 11.3 Å². The highest BCUT2D eigenvalue weighted by atomic mass is 32.1. The SMILES string of the molecule is COCC(=O)N1CCC(c2ccc(C(=O)NCc3ccn4ccnc4c3)s2)CC1. The summed E-state index contributed by atoms with van der Waals surface area (Å²) in [5.74, 6) is 0.388. The molecule has 7 nitrogen and oxygen atoms in total. The summed E-state index contributed by atoms with van der Waals surface area (Å²) >= 11 is 1.55. The third-order valence-electron chi connectivity index (χ3n) is 5.28. The lowest BCUT2D eigenvalue weighted by Gasteiger charge is -2.31. The van der Waals surface area contributed by atoms with Crippen molar-refractivity contribution >= 4 is 28.8 Å². The topological polar surface area (TPSA) is 75.9 Å². The first-order valence-corrected chi connectivity index (χ1v) is 10.5. The number of methoxy groups -OCH3 is 1. The Bertz CT molecular complexity index is 1000. The van der Waals surface area contributed by atoms with Gasteiger partial charge < -0.3 is 19.4 Å². The third kappa shape index (κ3) is 4.49. The molecule has 1 saturated heterocycles. The molecule has 29 heavy (non-hydrogen) atoms. The van der Waals surface area contributed by atoms with Gasteiger partial charge in [0.15, 0.2) is 0 Å². The summed E-state index contributed by atoms with van der Waals surface area (Å²) in [5, 5.41) is 2.99. The van der Waals surface area contributed by atoms with E-state index in [-0.39, 0.29) is 18.4 Å². The highest BCUT2D eigenvalue weighted by molar-refractivity contribution is 7.14.